The quantitative estimate of drug-likeness (QED) is 0.694. The van der Waals surface area contributed by atoms with E-state index in [9.17, 15) is 14.4 Å². The number of hydrogen-bond donors (Lipinski definition) is 1. The topological polar surface area (TPSA) is 96.5 Å². The summed E-state index contributed by atoms with van der Waals surface area (Å²) >= 11 is 0. The lowest BCUT2D eigenvalue weighted by Gasteiger charge is -2.09. The molecule has 0 unspecified atom stereocenters. The third-order valence-corrected chi connectivity index (χ3v) is 4.63. The van der Waals surface area contributed by atoms with Crippen LogP contribution in [-0.2, 0) is 13.1 Å². The molecular formula is C21H21FN6O. The summed E-state index contributed by atoms with van der Waals surface area (Å²) in [5.74, 6) is -1.01. The first-order chi connectivity index (χ1) is 13.9. The summed E-state index contributed by atoms with van der Waals surface area (Å²) in [6.07, 6.45) is 3.77. The van der Waals surface area contributed by atoms with Crippen molar-refractivity contribution in [3.63, 3.8) is 0 Å². The standard InChI is InChI=1S/C21H21FN6O/c1-4-7-28-14(3)18(13(2)27-28)12-26-21(29)16-8-15(9-17(22)10-16)20-19(11-23)24-5-6-25-20/h5-6,8-10H,4,7,12H2,1-3H3,(H,26,29). The summed E-state index contributed by atoms with van der Waals surface area (Å²) in [5.41, 5.74) is 3.57. The third-order valence-electron chi connectivity index (χ3n) is 4.63. The van der Waals surface area contributed by atoms with E-state index in [-0.39, 0.29) is 17.0 Å². The lowest BCUT2D eigenvalue weighted by Crippen LogP contribution is -2.23. The number of aryl methyl sites for hydroxylation is 2. The maximum atomic E-state index is 14.2. The molecule has 0 saturated carbocycles. The zero-order chi connectivity index (χ0) is 21.0. The number of carbonyl (C=O) groups excluding carboxylic acids is 1. The molecule has 0 atom stereocenters. The Hall–Kier alpha value is -3.60. The molecule has 0 aliphatic heterocycles. The lowest BCUT2D eigenvalue weighted by atomic mass is 10.1. The largest absolute Gasteiger partial charge is 0.348 e. The van der Waals surface area contributed by atoms with Gasteiger partial charge >= 0.3 is 0 Å². The van der Waals surface area contributed by atoms with Crippen LogP contribution in [0.25, 0.3) is 11.3 Å². The highest BCUT2D eigenvalue weighted by Gasteiger charge is 2.16. The Morgan fingerprint density at radius 3 is 2.72 bits per heavy atom. The lowest BCUT2D eigenvalue weighted by molar-refractivity contribution is 0.0950. The summed E-state index contributed by atoms with van der Waals surface area (Å²) in [6, 6.07) is 5.81. The average molecular weight is 392 g/mol. The minimum Gasteiger partial charge on any atom is -0.348 e. The van der Waals surface area contributed by atoms with Gasteiger partial charge < -0.3 is 5.32 Å². The number of amides is 1. The molecule has 2 aromatic heterocycles. The third kappa shape index (κ3) is 4.29. The number of carbonyl (C=O) groups is 1. The zero-order valence-electron chi connectivity index (χ0n) is 16.5. The molecule has 8 heteroatoms. The maximum absolute atomic E-state index is 14.2. The fourth-order valence-corrected chi connectivity index (χ4v) is 3.18. The van der Waals surface area contributed by atoms with Gasteiger partial charge in [0, 0.05) is 47.9 Å². The van der Waals surface area contributed by atoms with Crippen molar-refractivity contribution in [3.8, 4) is 17.3 Å². The highest BCUT2D eigenvalue weighted by Crippen LogP contribution is 2.22. The Labute approximate surface area is 168 Å². The zero-order valence-corrected chi connectivity index (χ0v) is 16.5. The maximum Gasteiger partial charge on any atom is 0.251 e. The first kappa shape index (κ1) is 20.1. The Balaban J connectivity index is 1.84. The van der Waals surface area contributed by atoms with Gasteiger partial charge in [0.2, 0.25) is 0 Å². The van der Waals surface area contributed by atoms with Crippen LogP contribution in [0.4, 0.5) is 4.39 Å². The first-order valence-corrected chi connectivity index (χ1v) is 9.27. The highest BCUT2D eigenvalue weighted by molar-refractivity contribution is 5.95. The van der Waals surface area contributed by atoms with Crippen LogP contribution in [0.3, 0.4) is 0 Å². The van der Waals surface area contributed by atoms with Crippen molar-refractivity contribution >= 4 is 5.91 Å². The molecule has 3 aromatic rings. The summed E-state index contributed by atoms with van der Waals surface area (Å²) in [5, 5.41) is 16.5. The second-order valence-electron chi connectivity index (χ2n) is 6.65. The molecule has 7 nitrogen and oxygen atoms in total. The molecule has 0 spiro atoms. The van der Waals surface area contributed by atoms with Crippen molar-refractivity contribution < 1.29 is 9.18 Å². The Morgan fingerprint density at radius 2 is 2.00 bits per heavy atom. The molecule has 1 amide bonds. The fraction of sp³-hybridized carbons (Fsp3) is 0.286. The number of nitrogens with one attached hydrogen (secondary N) is 1. The van der Waals surface area contributed by atoms with Crippen LogP contribution in [0.2, 0.25) is 0 Å². The average Bonchev–Trinajstić information content (AvgIpc) is 2.98. The van der Waals surface area contributed by atoms with Gasteiger partial charge in [0.15, 0.2) is 5.69 Å². The van der Waals surface area contributed by atoms with E-state index in [2.05, 4.69) is 27.3 Å². The minimum atomic E-state index is -0.592. The summed E-state index contributed by atoms with van der Waals surface area (Å²) in [6.45, 7) is 7.05. The molecule has 1 N–H and O–H groups in total. The summed E-state index contributed by atoms with van der Waals surface area (Å²) in [4.78, 5) is 20.7. The number of rotatable bonds is 6. The van der Waals surface area contributed by atoms with E-state index in [1.54, 1.807) is 0 Å². The van der Waals surface area contributed by atoms with Gasteiger partial charge in [-0.25, -0.2) is 9.37 Å². The SMILES string of the molecule is CCCn1nc(C)c(CNC(=O)c2cc(F)cc(-c3nccnc3C#N)c2)c1C. The van der Waals surface area contributed by atoms with Gasteiger partial charge in [0.1, 0.15) is 17.6 Å². The fourth-order valence-electron chi connectivity index (χ4n) is 3.18. The second-order valence-corrected chi connectivity index (χ2v) is 6.65. The van der Waals surface area contributed by atoms with E-state index in [1.165, 1.54) is 24.5 Å². The molecule has 29 heavy (non-hydrogen) atoms. The van der Waals surface area contributed by atoms with E-state index in [4.69, 9.17) is 0 Å². The van der Waals surface area contributed by atoms with Crippen molar-refractivity contribution in [2.75, 3.05) is 0 Å². The molecule has 2 heterocycles. The number of aromatic nitrogens is 4. The van der Waals surface area contributed by atoms with Gasteiger partial charge in [-0.15, -0.1) is 0 Å². The van der Waals surface area contributed by atoms with Crippen molar-refractivity contribution in [1.82, 2.24) is 25.1 Å². The normalized spacial score (nSPS) is 10.6. The predicted octanol–water partition coefficient (Wildman–Crippen LogP) is 3.31. The first-order valence-electron chi connectivity index (χ1n) is 9.27. The highest BCUT2D eigenvalue weighted by atomic mass is 19.1. The van der Waals surface area contributed by atoms with Gasteiger partial charge in [-0.1, -0.05) is 6.92 Å². The molecule has 148 valence electrons. The molecule has 0 aliphatic carbocycles. The van der Waals surface area contributed by atoms with Crippen molar-refractivity contribution in [1.29, 1.82) is 5.26 Å². The van der Waals surface area contributed by atoms with Crippen LogP contribution in [-0.4, -0.2) is 25.7 Å². The van der Waals surface area contributed by atoms with E-state index in [1.807, 2.05) is 24.6 Å². The number of nitriles is 1. The van der Waals surface area contributed by atoms with Crippen LogP contribution in [0.5, 0.6) is 0 Å². The van der Waals surface area contributed by atoms with E-state index >= 15 is 0 Å². The number of nitrogens with zero attached hydrogens (tertiary/aromatic N) is 5. The smallest absolute Gasteiger partial charge is 0.251 e. The van der Waals surface area contributed by atoms with Crippen LogP contribution in [0, 0.1) is 31.0 Å². The van der Waals surface area contributed by atoms with Gasteiger partial charge in [0.05, 0.1) is 5.69 Å². The van der Waals surface area contributed by atoms with Crippen LogP contribution < -0.4 is 5.32 Å². The van der Waals surface area contributed by atoms with Gasteiger partial charge in [0.25, 0.3) is 5.91 Å². The molecule has 0 aliphatic rings. The van der Waals surface area contributed by atoms with E-state index < -0.39 is 11.7 Å². The number of hydrogen-bond acceptors (Lipinski definition) is 5. The predicted molar refractivity (Wildman–Crippen MR) is 105 cm³/mol. The van der Waals surface area contributed by atoms with Crippen LogP contribution >= 0.6 is 0 Å². The Morgan fingerprint density at radius 1 is 1.24 bits per heavy atom. The second kappa shape index (κ2) is 8.61. The van der Waals surface area contributed by atoms with Crippen molar-refractivity contribution in [2.45, 2.75) is 40.3 Å². The van der Waals surface area contributed by atoms with E-state index in [0.717, 1.165) is 36.0 Å². The molecule has 0 fully saturated rings. The Bertz CT molecular complexity index is 1100. The molecule has 0 bridgehead atoms. The minimum absolute atomic E-state index is 0.0686. The molecule has 3 rings (SSSR count). The summed E-state index contributed by atoms with van der Waals surface area (Å²) < 4.78 is 16.1. The van der Waals surface area contributed by atoms with Crippen molar-refractivity contribution in [3.05, 3.63) is 64.6 Å². The molecule has 0 saturated heterocycles. The van der Waals surface area contributed by atoms with Crippen molar-refractivity contribution in [2.24, 2.45) is 0 Å². The molecule has 1 aromatic carbocycles. The van der Waals surface area contributed by atoms with Crippen LogP contribution in [0.1, 0.15) is 46.3 Å². The number of benzene rings is 1. The molecule has 0 radical (unpaired) electrons. The molecular weight excluding hydrogens is 371 g/mol. The van der Waals surface area contributed by atoms with Gasteiger partial charge in [-0.3, -0.25) is 14.5 Å². The van der Waals surface area contributed by atoms with Crippen LogP contribution in [0.15, 0.2) is 30.6 Å². The number of halogens is 1. The van der Waals surface area contributed by atoms with Gasteiger partial charge in [-0.2, -0.15) is 10.4 Å². The van der Waals surface area contributed by atoms with E-state index in [0.29, 0.717) is 12.1 Å². The monoisotopic (exact) mass is 392 g/mol. The Kier molecular flexibility index (Phi) is 5.98. The summed E-state index contributed by atoms with van der Waals surface area (Å²) in [7, 11) is 0. The van der Waals surface area contributed by atoms with Gasteiger partial charge in [-0.05, 0) is 38.5 Å².